The summed E-state index contributed by atoms with van der Waals surface area (Å²) < 4.78 is 16.6. The molecule has 0 saturated heterocycles. The Morgan fingerprint density at radius 1 is 0.903 bits per heavy atom. The highest BCUT2D eigenvalue weighted by molar-refractivity contribution is 5.99. The number of benzene rings is 2. The fourth-order valence-electron chi connectivity index (χ4n) is 3.11. The maximum Gasteiger partial charge on any atom is 0.257 e. The predicted octanol–water partition coefficient (Wildman–Crippen LogP) is 2.85. The number of nitrogens with zero attached hydrogens (tertiary/aromatic N) is 3. The minimum Gasteiger partial charge on any atom is -0.350 e. The maximum atomic E-state index is 13.3. The largest absolute Gasteiger partial charge is 0.350 e. The Morgan fingerprint density at radius 2 is 1.61 bits per heavy atom. The molecule has 0 spiro atoms. The molecule has 2 aromatic carbocycles. The molecule has 0 aliphatic rings. The SMILES string of the molecule is O=C(CNC(=O)c1cnn(-c2ccc(F)cc2)c1-n1cccc1)NCc1ccccc1. The molecule has 4 aromatic rings. The number of hydrogen-bond acceptors (Lipinski definition) is 3. The van der Waals surface area contributed by atoms with Crippen molar-refractivity contribution in [2.45, 2.75) is 6.54 Å². The molecule has 2 aromatic heterocycles. The van der Waals surface area contributed by atoms with Gasteiger partial charge in [-0.05, 0) is 42.0 Å². The van der Waals surface area contributed by atoms with E-state index >= 15 is 0 Å². The summed E-state index contributed by atoms with van der Waals surface area (Å²) in [6.07, 6.45) is 4.98. The van der Waals surface area contributed by atoms with Gasteiger partial charge < -0.3 is 15.2 Å². The van der Waals surface area contributed by atoms with E-state index in [0.29, 0.717) is 18.1 Å². The van der Waals surface area contributed by atoms with Gasteiger partial charge in [-0.25, -0.2) is 9.07 Å². The third-order valence-corrected chi connectivity index (χ3v) is 4.65. The van der Waals surface area contributed by atoms with E-state index in [-0.39, 0.29) is 23.8 Å². The molecule has 0 aliphatic heterocycles. The van der Waals surface area contributed by atoms with E-state index < -0.39 is 5.91 Å². The first kappa shape index (κ1) is 20.1. The molecule has 8 heteroatoms. The van der Waals surface area contributed by atoms with Crippen LogP contribution in [0.5, 0.6) is 0 Å². The molecule has 0 radical (unpaired) electrons. The first-order valence-electron chi connectivity index (χ1n) is 9.68. The third-order valence-electron chi connectivity index (χ3n) is 4.65. The molecule has 0 bridgehead atoms. The molecule has 0 aliphatic carbocycles. The van der Waals surface area contributed by atoms with Crippen LogP contribution in [0.1, 0.15) is 15.9 Å². The number of carbonyl (C=O) groups is 2. The van der Waals surface area contributed by atoms with Crippen molar-refractivity contribution in [1.82, 2.24) is 25.0 Å². The first-order chi connectivity index (χ1) is 15.1. The summed E-state index contributed by atoms with van der Waals surface area (Å²) in [5.41, 5.74) is 1.86. The number of halogens is 1. The van der Waals surface area contributed by atoms with Crippen LogP contribution in [0.15, 0.2) is 85.3 Å². The van der Waals surface area contributed by atoms with Crippen molar-refractivity contribution in [3.63, 3.8) is 0 Å². The zero-order valence-electron chi connectivity index (χ0n) is 16.5. The van der Waals surface area contributed by atoms with Crippen LogP contribution in [0.3, 0.4) is 0 Å². The Labute approximate surface area is 178 Å². The van der Waals surface area contributed by atoms with E-state index in [9.17, 15) is 14.0 Å². The van der Waals surface area contributed by atoms with Crippen molar-refractivity contribution >= 4 is 11.8 Å². The molecule has 2 N–H and O–H groups in total. The lowest BCUT2D eigenvalue weighted by Crippen LogP contribution is -2.36. The first-order valence-corrected chi connectivity index (χ1v) is 9.68. The van der Waals surface area contributed by atoms with E-state index in [1.165, 1.54) is 18.3 Å². The Hall–Kier alpha value is -4.20. The fraction of sp³-hybridized carbons (Fsp3) is 0.0870. The molecule has 0 atom stereocenters. The van der Waals surface area contributed by atoms with E-state index in [4.69, 9.17) is 0 Å². The second kappa shape index (κ2) is 9.08. The Kier molecular flexibility index (Phi) is 5.89. The molecule has 4 rings (SSSR count). The molecule has 31 heavy (non-hydrogen) atoms. The maximum absolute atomic E-state index is 13.3. The van der Waals surface area contributed by atoms with Crippen molar-refractivity contribution in [1.29, 1.82) is 0 Å². The summed E-state index contributed by atoms with van der Waals surface area (Å²) in [5.74, 6) is -0.616. The van der Waals surface area contributed by atoms with Gasteiger partial charge in [0, 0.05) is 18.9 Å². The number of nitrogens with one attached hydrogen (secondary N) is 2. The molecule has 0 unspecified atom stereocenters. The number of rotatable bonds is 7. The summed E-state index contributed by atoms with van der Waals surface area (Å²) in [5, 5.41) is 9.71. The van der Waals surface area contributed by atoms with E-state index in [2.05, 4.69) is 15.7 Å². The Balaban J connectivity index is 1.49. The lowest BCUT2D eigenvalue weighted by Gasteiger charge is -2.11. The number of amides is 2. The molecular formula is C23H20FN5O2. The van der Waals surface area contributed by atoms with Crippen LogP contribution in [0.4, 0.5) is 4.39 Å². The summed E-state index contributed by atoms with van der Waals surface area (Å²) >= 11 is 0. The minimum atomic E-state index is -0.438. The molecule has 2 heterocycles. The topological polar surface area (TPSA) is 81.0 Å². The van der Waals surface area contributed by atoms with Gasteiger partial charge in [0.2, 0.25) is 5.91 Å². The number of carbonyl (C=O) groups excluding carboxylic acids is 2. The quantitative estimate of drug-likeness (QED) is 0.485. The van der Waals surface area contributed by atoms with Crippen molar-refractivity contribution in [2.75, 3.05) is 6.54 Å². The van der Waals surface area contributed by atoms with Crippen molar-refractivity contribution in [3.8, 4) is 11.5 Å². The second-order valence-electron chi connectivity index (χ2n) is 6.81. The zero-order chi connectivity index (χ0) is 21.6. The number of hydrogen-bond donors (Lipinski definition) is 2. The zero-order valence-corrected chi connectivity index (χ0v) is 16.5. The van der Waals surface area contributed by atoms with Crippen molar-refractivity contribution in [2.24, 2.45) is 0 Å². The fourth-order valence-corrected chi connectivity index (χ4v) is 3.11. The summed E-state index contributed by atoms with van der Waals surface area (Å²) in [6.45, 7) is 0.213. The average molecular weight is 417 g/mol. The van der Waals surface area contributed by atoms with Gasteiger partial charge >= 0.3 is 0 Å². The van der Waals surface area contributed by atoms with Gasteiger partial charge in [0.25, 0.3) is 5.91 Å². The smallest absolute Gasteiger partial charge is 0.257 e. The number of aromatic nitrogens is 3. The lowest BCUT2D eigenvalue weighted by atomic mass is 10.2. The predicted molar refractivity (Wildman–Crippen MR) is 113 cm³/mol. The van der Waals surface area contributed by atoms with Gasteiger partial charge in [-0.3, -0.25) is 9.59 Å². The normalized spacial score (nSPS) is 10.6. The highest BCUT2D eigenvalue weighted by Gasteiger charge is 2.20. The van der Waals surface area contributed by atoms with Gasteiger partial charge in [0.1, 0.15) is 11.4 Å². The third kappa shape index (κ3) is 4.69. The Bertz CT molecular complexity index is 1170. The van der Waals surface area contributed by atoms with E-state index in [1.54, 1.807) is 33.8 Å². The molecule has 2 amide bonds. The molecule has 0 saturated carbocycles. The monoisotopic (exact) mass is 417 g/mol. The summed E-state index contributed by atoms with van der Waals surface area (Å²) in [4.78, 5) is 25.0. The Morgan fingerprint density at radius 3 is 2.32 bits per heavy atom. The standard InChI is InChI=1S/C23H20FN5O2/c24-18-8-10-19(11-9-18)29-23(28-12-4-5-13-28)20(15-27-29)22(31)26-16-21(30)25-14-17-6-2-1-3-7-17/h1-13,15H,14,16H2,(H,25,30)(H,26,31). The van der Waals surface area contributed by atoms with Gasteiger partial charge in [0.15, 0.2) is 5.82 Å². The second-order valence-corrected chi connectivity index (χ2v) is 6.81. The highest BCUT2D eigenvalue weighted by Crippen LogP contribution is 2.20. The van der Waals surface area contributed by atoms with Crippen LogP contribution >= 0.6 is 0 Å². The van der Waals surface area contributed by atoms with E-state index in [0.717, 1.165) is 5.56 Å². The molecular weight excluding hydrogens is 397 g/mol. The van der Waals surface area contributed by atoms with Gasteiger partial charge in [-0.15, -0.1) is 0 Å². The van der Waals surface area contributed by atoms with Crippen LogP contribution in [0, 0.1) is 5.82 Å². The van der Waals surface area contributed by atoms with Gasteiger partial charge in [0.05, 0.1) is 18.4 Å². The van der Waals surface area contributed by atoms with E-state index in [1.807, 2.05) is 42.5 Å². The minimum absolute atomic E-state index is 0.168. The van der Waals surface area contributed by atoms with Gasteiger partial charge in [-0.2, -0.15) is 5.10 Å². The molecule has 156 valence electrons. The van der Waals surface area contributed by atoms with Crippen LogP contribution in [0.2, 0.25) is 0 Å². The van der Waals surface area contributed by atoms with Gasteiger partial charge in [-0.1, -0.05) is 30.3 Å². The van der Waals surface area contributed by atoms with Crippen LogP contribution < -0.4 is 10.6 Å². The van der Waals surface area contributed by atoms with Crippen molar-refractivity contribution in [3.05, 3.63) is 102 Å². The lowest BCUT2D eigenvalue weighted by molar-refractivity contribution is -0.120. The average Bonchev–Trinajstić information content (AvgIpc) is 3.47. The highest BCUT2D eigenvalue weighted by atomic mass is 19.1. The van der Waals surface area contributed by atoms with Crippen LogP contribution in [-0.2, 0) is 11.3 Å². The summed E-state index contributed by atoms with van der Waals surface area (Å²) in [7, 11) is 0. The van der Waals surface area contributed by atoms with Crippen molar-refractivity contribution < 1.29 is 14.0 Å². The molecule has 7 nitrogen and oxygen atoms in total. The summed E-state index contributed by atoms with van der Waals surface area (Å²) in [6, 6.07) is 19.0. The molecule has 0 fully saturated rings. The van der Waals surface area contributed by atoms with Crippen LogP contribution in [0.25, 0.3) is 11.5 Å². The van der Waals surface area contributed by atoms with Crippen LogP contribution in [-0.4, -0.2) is 32.7 Å².